The van der Waals surface area contributed by atoms with E-state index in [9.17, 15) is 14.4 Å². The molecule has 8 heteroatoms. The third-order valence-corrected chi connectivity index (χ3v) is 4.17. The highest BCUT2D eigenvalue weighted by atomic mass is 35.5. The normalized spacial score (nSPS) is 19.5. The first-order valence-electron chi connectivity index (χ1n) is 7.72. The number of carbonyl (C=O) groups is 3. The van der Waals surface area contributed by atoms with Gasteiger partial charge in [0.25, 0.3) is 0 Å². The van der Waals surface area contributed by atoms with Gasteiger partial charge in [-0.15, -0.1) is 0 Å². The van der Waals surface area contributed by atoms with Crippen LogP contribution in [-0.2, 0) is 16.1 Å². The molecular formula is C16H20ClN3O4. The third-order valence-electron chi connectivity index (χ3n) is 3.92. The molecule has 0 bridgehead atoms. The first kappa shape index (κ1) is 18.1. The standard InChI is InChI=1S/C16H20ClN3O4/c17-12-4-1-10(2-5-12)8-18-16(24)19-9-14(21)20-13-6-3-11(7-13)15(22)23/h1-2,4-5,11,13H,3,6-9H2,(H,20,21)(H,22,23)(H2,18,19,24)/t11-,13+/m1/s1. The van der Waals surface area contributed by atoms with Gasteiger partial charge in [-0.2, -0.15) is 0 Å². The number of urea groups is 1. The number of carboxylic acid groups (broad SMARTS) is 1. The van der Waals surface area contributed by atoms with Gasteiger partial charge in [-0.3, -0.25) is 9.59 Å². The summed E-state index contributed by atoms with van der Waals surface area (Å²) in [4.78, 5) is 34.3. The molecule has 1 aromatic carbocycles. The van der Waals surface area contributed by atoms with E-state index in [1.807, 2.05) is 0 Å². The zero-order chi connectivity index (χ0) is 17.5. The Morgan fingerprint density at radius 2 is 1.83 bits per heavy atom. The van der Waals surface area contributed by atoms with Crippen molar-refractivity contribution in [1.29, 1.82) is 0 Å². The maximum Gasteiger partial charge on any atom is 0.315 e. The lowest BCUT2D eigenvalue weighted by Crippen LogP contribution is -2.44. The molecule has 0 aromatic heterocycles. The van der Waals surface area contributed by atoms with Crippen LogP contribution in [0.25, 0.3) is 0 Å². The molecule has 4 N–H and O–H groups in total. The topological polar surface area (TPSA) is 108 Å². The van der Waals surface area contributed by atoms with Crippen LogP contribution in [0.4, 0.5) is 4.79 Å². The monoisotopic (exact) mass is 353 g/mol. The van der Waals surface area contributed by atoms with Crippen molar-refractivity contribution >= 4 is 29.5 Å². The fraction of sp³-hybridized carbons (Fsp3) is 0.438. The molecule has 1 aromatic rings. The van der Waals surface area contributed by atoms with Crippen molar-refractivity contribution in [2.75, 3.05) is 6.54 Å². The molecule has 0 unspecified atom stereocenters. The lowest BCUT2D eigenvalue weighted by atomic mass is 10.1. The molecule has 0 radical (unpaired) electrons. The minimum atomic E-state index is -0.827. The lowest BCUT2D eigenvalue weighted by Gasteiger charge is -2.13. The highest BCUT2D eigenvalue weighted by Crippen LogP contribution is 2.25. The average Bonchev–Trinajstić information content (AvgIpc) is 3.01. The number of benzene rings is 1. The second kappa shape index (κ2) is 8.54. The Labute approximate surface area is 144 Å². The Bertz CT molecular complexity index is 606. The molecule has 0 spiro atoms. The highest BCUT2D eigenvalue weighted by Gasteiger charge is 2.30. The van der Waals surface area contributed by atoms with Gasteiger partial charge in [-0.05, 0) is 37.0 Å². The van der Waals surface area contributed by atoms with Crippen LogP contribution in [-0.4, -0.2) is 35.6 Å². The summed E-state index contributed by atoms with van der Waals surface area (Å²) in [6, 6.07) is 6.47. The summed E-state index contributed by atoms with van der Waals surface area (Å²) in [6.07, 6.45) is 1.64. The van der Waals surface area contributed by atoms with E-state index in [1.165, 1.54) is 0 Å². The number of carbonyl (C=O) groups excluding carboxylic acids is 2. The lowest BCUT2D eigenvalue weighted by molar-refractivity contribution is -0.141. The molecule has 1 saturated carbocycles. The van der Waals surface area contributed by atoms with Crippen LogP contribution in [0.3, 0.4) is 0 Å². The Kier molecular flexibility index (Phi) is 6.43. The zero-order valence-electron chi connectivity index (χ0n) is 13.0. The summed E-state index contributed by atoms with van der Waals surface area (Å²) in [5, 5.41) is 17.4. The van der Waals surface area contributed by atoms with Crippen LogP contribution in [0, 0.1) is 5.92 Å². The van der Waals surface area contributed by atoms with Crippen molar-refractivity contribution in [1.82, 2.24) is 16.0 Å². The molecule has 1 aliphatic carbocycles. The molecule has 1 aliphatic rings. The fourth-order valence-corrected chi connectivity index (χ4v) is 2.75. The minimum Gasteiger partial charge on any atom is -0.481 e. The molecule has 24 heavy (non-hydrogen) atoms. The highest BCUT2D eigenvalue weighted by molar-refractivity contribution is 6.30. The number of hydrogen-bond donors (Lipinski definition) is 4. The minimum absolute atomic E-state index is 0.141. The van der Waals surface area contributed by atoms with E-state index in [1.54, 1.807) is 24.3 Å². The van der Waals surface area contributed by atoms with Crippen molar-refractivity contribution in [3.05, 3.63) is 34.9 Å². The average molecular weight is 354 g/mol. The Balaban J connectivity index is 1.63. The second-order valence-electron chi connectivity index (χ2n) is 5.78. The molecule has 0 saturated heterocycles. The van der Waals surface area contributed by atoms with E-state index >= 15 is 0 Å². The molecule has 3 amide bonds. The van der Waals surface area contributed by atoms with Crippen molar-refractivity contribution < 1.29 is 19.5 Å². The third kappa shape index (κ3) is 5.73. The molecule has 2 rings (SSSR count). The van der Waals surface area contributed by atoms with Crippen LogP contribution in [0.5, 0.6) is 0 Å². The summed E-state index contributed by atoms with van der Waals surface area (Å²) in [5.74, 6) is -1.55. The second-order valence-corrected chi connectivity index (χ2v) is 6.21. The Morgan fingerprint density at radius 1 is 1.12 bits per heavy atom. The van der Waals surface area contributed by atoms with Gasteiger partial charge in [0.2, 0.25) is 5.91 Å². The number of amides is 3. The van der Waals surface area contributed by atoms with Gasteiger partial charge < -0.3 is 21.1 Å². The van der Waals surface area contributed by atoms with Gasteiger partial charge in [0.1, 0.15) is 0 Å². The molecule has 0 heterocycles. The predicted octanol–water partition coefficient (Wildman–Crippen LogP) is 1.51. The van der Waals surface area contributed by atoms with Crippen LogP contribution in [0.1, 0.15) is 24.8 Å². The molecular weight excluding hydrogens is 334 g/mol. The Morgan fingerprint density at radius 3 is 2.46 bits per heavy atom. The first-order chi connectivity index (χ1) is 11.4. The van der Waals surface area contributed by atoms with Gasteiger partial charge in [-0.1, -0.05) is 23.7 Å². The Hall–Kier alpha value is -2.28. The smallest absolute Gasteiger partial charge is 0.315 e. The number of halogens is 1. The van der Waals surface area contributed by atoms with Crippen molar-refractivity contribution in [2.24, 2.45) is 5.92 Å². The molecule has 0 aliphatic heterocycles. The van der Waals surface area contributed by atoms with E-state index in [0.29, 0.717) is 30.8 Å². The SMILES string of the molecule is O=C(CNC(=O)NCc1ccc(Cl)cc1)N[C@H]1CC[C@@H](C(=O)O)C1. The van der Waals surface area contributed by atoms with E-state index in [2.05, 4.69) is 16.0 Å². The molecule has 130 valence electrons. The number of aliphatic carboxylic acids is 1. The zero-order valence-corrected chi connectivity index (χ0v) is 13.8. The van der Waals surface area contributed by atoms with Gasteiger partial charge >= 0.3 is 12.0 Å². The van der Waals surface area contributed by atoms with E-state index in [0.717, 1.165) is 5.56 Å². The van der Waals surface area contributed by atoms with Crippen LogP contribution in [0.15, 0.2) is 24.3 Å². The number of carboxylic acids is 1. The maximum absolute atomic E-state index is 11.8. The van der Waals surface area contributed by atoms with Gasteiger partial charge in [0.15, 0.2) is 0 Å². The predicted molar refractivity (Wildman–Crippen MR) is 88.6 cm³/mol. The van der Waals surface area contributed by atoms with E-state index < -0.39 is 17.9 Å². The van der Waals surface area contributed by atoms with Crippen LogP contribution in [0.2, 0.25) is 5.02 Å². The summed E-state index contributed by atoms with van der Waals surface area (Å²) in [6.45, 7) is 0.175. The first-order valence-corrected chi connectivity index (χ1v) is 8.10. The molecule has 7 nitrogen and oxygen atoms in total. The molecule has 2 atom stereocenters. The van der Waals surface area contributed by atoms with E-state index in [4.69, 9.17) is 16.7 Å². The van der Waals surface area contributed by atoms with Crippen molar-refractivity contribution in [3.8, 4) is 0 Å². The van der Waals surface area contributed by atoms with Gasteiger partial charge in [0, 0.05) is 17.6 Å². The fourth-order valence-electron chi connectivity index (χ4n) is 2.62. The summed E-state index contributed by atoms with van der Waals surface area (Å²) in [7, 11) is 0. The number of nitrogens with one attached hydrogen (secondary N) is 3. The number of hydrogen-bond acceptors (Lipinski definition) is 3. The van der Waals surface area contributed by atoms with Crippen molar-refractivity contribution in [3.63, 3.8) is 0 Å². The quantitative estimate of drug-likeness (QED) is 0.621. The van der Waals surface area contributed by atoms with Gasteiger partial charge in [0.05, 0.1) is 12.5 Å². The van der Waals surface area contributed by atoms with Crippen LogP contribution < -0.4 is 16.0 Å². The van der Waals surface area contributed by atoms with E-state index in [-0.39, 0.29) is 18.5 Å². The summed E-state index contributed by atoms with van der Waals surface area (Å²) in [5.41, 5.74) is 0.893. The van der Waals surface area contributed by atoms with Crippen LogP contribution >= 0.6 is 11.6 Å². The summed E-state index contributed by atoms with van der Waals surface area (Å²) < 4.78 is 0. The van der Waals surface area contributed by atoms with Crippen molar-refractivity contribution in [2.45, 2.75) is 31.8 Å². The number of rotatable bonds is 6. The maximum atomic E-state index is 11.8. The van der Waals surface area contributed by atoms with Gasteiger partial charge in [-0.25, -0.2) is 4.79 Å². The summed E-state index contributed by atoms with van der Waals surface area (Å²) >= 11 is 5.78. The largest absolute Gasteiger partial charge is 0.481 e. The molecule has 1 fully saturated rings.